The number of H-pyrrole nitrogens is 1. The number of hydrogen-bond donors (Lipinski definition) is 1. The normalized spacial score (nSPS) is 11.1. The van der Waals surface area contributed by atoms with Crippen molar-refractivity contribution < 1.29 is 25.6 Å². The summed E-state index contributed by atoms with van der Waals surface area (Å²) in [5.74, 6) is -1.03. The van der Waals surface area contributed by atoms with Crippen molar-refractivity contribution in [1.82, 2.24) is 40.0 Å². The average molecular weight is 569 g/mol. The summed E-state index contributed by atoms with van der Waals surface area (Å²) in [5, 5.41) is 17.9. The number of nitrogens with zero attached hydrogens (tertiary/aromatic N) is 7. The molecule has 14 nitrogen and oxygen atoms in total. The van der Waals surface area contributed by atoms with Crippen molar-refractivity contribution in [3.63, 3.8) is 0 Å². The summed E-state index contributed by atoms with van der Waals surface area (Å²) in [6.07, 6.45) is 5.72. The Bertz CT molecular complexity index is 1780. The molecule has 2 heterocycles. The zero-order chi connectivity index (χ0) is 28.5. The highest BCUT2D eigenvalue weighted by Gasteiger charge is 2.11. The third kappa shape index (κ3) is 8.14. The van der Waals surface area contributed by atoms with Gasteiger partial charge in [-0.2, -0.15) is 14.0 Å². The predicted octanol–water partition coefficient (Wildman–Crippen LogP) is -0.288. The molecule has 18 heteroatoms. The molecule has 0 aliphatic carbocycles. The molecule has 0 saturated carbocycles. The molecule has 4 aromatic rings. The second kappa shape index (κ2) is 12.5. The molecule has 0 bridgehead atoms. The monoisotopic (exact) mass is 568 g/mol. The van der Waals surface area contributed by atoms with E-state index in [9.17, 15) is 35.2 Å². The highest BCUT2D eigenvalue weighted by molar-refractivity contribution is 7.96. The standard InChI is InChI=1S/C10H9FN4O3S.C8H5FO2S.C2H4N4O/c1-14-10(16)15(13-12-14)6-7-19(17,18)9-4-2-8(11)3-5-9;1-2-12(10,11)8-5-3-7(9)4-6-8;1-6-2(7)3-4-5-6/h2-7H,1H3;1,3-6H;1H3,(H,3,5,7)/b7-6+;;. The summed E-state index contributed by atoms with van der Waals surface area (Å²) in [6.45, 7) is 0. The van der Waals surface area contributed by atoms with E-state index in [4.69, 9.17) is 6.42 Å². The molecule has 0 fully saturated rings. The number of hydrogen-bond acceptors (Lipinski definition) is 10. The molecule has 0 spiro atoms. The van der Waals surface area contributed by atoms with Crippen molar-refractivity contribution in [3.05, 3.63) is 86.5 Å². The molecule has 2 aromatic carbocycles. The summed E-state index contributed by atoms with van der Waals surface area (Å²) in [4.78, 5) is 21.4. The molecule has 0 saturated heterocycles. The number of aryl methyl sites for hydroxylation is 2. The quantitative estimate of drug-likeness (QED) is 0.195. The summed E-state index contributed by atoms with van der Waals surface area (Å²) in [5.41, 5.74) is -0.870. The molecule has 0 unspecified atom stereocenters. The number of tetrazole rings is 2. The topological polar surface area (TPSA) is 185 Å². The second-order valence-corrected chi connectivity index (χ2v) is 10.4. The van der Waals surface area contributed by atoms with E-state index in [1.165, 1.54) is 14.1 Å². The van der Waals surface area contributed by atoms with Crippen molar-refractivity contribution in [1.29, 1.82) is 0 Å². The Labute approximate surface area is 213 Å². The van der Waals surface area contributed by atoms with Crippen LogP contribution < -0.4 is 11.4 Å². The summed E-state index contributed by atoms with van der Waals surface area (Å²) in [7, 11) is -4.52. The minimum Gasteiger partial charge on any atom is -0.245 e. The summed E-state index contributed by atoms with van der Waals surface area (Å²) >= 11 is 0. The van der Waals surface area contributed by atoms with E-state index in [0.29, 0.717) is 0 Å². The average Bonchev–Trinajstić information content (AvgIpc) is 3.42. The van der Waals surface area contributed by atoms with Crippen LogP contribution in [0.25, 0.3) is 6.20 Å². The van der Waals surface area contributed by atoms with Gasteiger partial charge in [0.1, 0.15) is 11.6 Å². The van der Waals surface area contributed by atoms with Crippen LogP contribution in [-0.2, 0) is 33.8 Å². The molecule has 2 aromatic heterocycles. The Balaban J connectivity index is 0.000000226. The van der Waals surface area contributed by atoms with Gasteiger partial charge in [-0.15, -0.1) is 6.42 Å². The molecular weight excluding hydrogens is 550 g/mol. The SMILES string of the molecule is C#CS(=O)(=O)c1ccc(F)cc1.Cn1nn[nH]c1=O.Cn1nnn(/C=C/S(=O)(=O)c2ccc(F)cc2)c1=O. The van der Waals surface area contributed by atoms with Gasteiger partial charge in [-0.1, -0.05) is 0 Å². The zero-order valence-corrected chi connectivity index (χ0v) is 21.1. The van der Waals surface area contributed by atoms with Crippen molar-refractivity contribution in [3.8, 4) is 11.7 Å². The minimum atomic E-state index is -3.77. The first-order valence-electron chi connectivity index (χ1n) is 9.86. The van der Waals surface area contributed by atoms with Gasteiger partial charge in [0, 0.05) is 25.5 Å². The van der Waals surface area contributed by atoms with Crippen LogP contribution in [0.1, 0.15) is 0 Å². The largest absolute Gasteiger partial charge is 0.367 e. The highest BCUT2D eigenvalue weighted by Crippen LogP contribution is 2.13. The van der Waals surface area contributed by atoms with Gasteiger partial charge in [0.05, 0.1) is 15.2 Å². The molecular formula is C20H18F2N8O6S2. The fourth-order valence-electron chi connectivity index (χ4n) is 2.19. The lowest BCUT2D eigenvalue weighted by molar-refractivity contribution is 0.601. The molecule has 1 N–H and O–H groups in total. The van der Waals surface area contributed by atoms with Crippen LogP contribution in [0.2, 0.25) is 0 Å². The van der Waals surface area contributed by atoms with E-state index in [1.54, 1.807) is 5.25 Å². The summed E-state index contributed by atoms with van der Waals surface area (Å²) < 4.78 is 73.5. The van der Waals surface area contributed by atoms with E-state index >= 15 is 0 Å². The number of terminal acetylenes is 1. The maximum Gasteiger partial charge on any atom is 0.367 e. The van der Waals surface area contributed by atoms with Crippen molar-refractivity contribution in [2.45, 2.75) is 9.79 Å². The van der Waals surface area contributed by atoms with E-state index in [2.05, 4.69) is 26.0 Å². The molecule has 0 aliphatic rings. The van der Waals surface area contributed by atoms with Gasteiger partial charge in [-0.25, -0.2) is 40.3 Å². The van der Waals surface area contributed by atoms with Crippen molar-refractivity contribution in [2.24, 2.45) is 14.1 Å². The number of rotatable bonds is 4. The van der Waals surface area contributed by atoms with Crippen molar-refractivity contribution in [2.75, 3.05) is 0 Å². The molecule has 0 amide bonds. The lowest BCUT2D eigenvalue weighted by Crippen LogP contribution is -2.19. The summed E-state index contributed by atoms with van der Waals surface area (Å²) in [6, 6.07) is 8.69. The fourth-order valence-corrected chi connectivity index (χ4v) is 3.77. The van der Waals surface area contributed by atoms with Crippen LogP contribution in [-0.4, -0.2) is 56.8 Å². The van der Waals surface area contributed by atoms with E-state index in [1.807, 2.05) is 0 Å². The lowest BCUT2D eigenvalue weighted by atomic mass is 10.4. The highest BCUT2D eigenvalue weighted by atomic mass is 32.2. The number of benzene rings is 2. The van der Waals surface area contributed by atoms with E-state index in [0.717, 1.165) is 74.2 Å². The first kappa shape index (κ1) is 29.5. The molecule has 200 valence electrons. The molecule has 0 aliphatic heterocycles. The van der Waals surface area contributed by atoms with Crippen LogP contribution in [0.3, 0.4) is 0 Å². The van der Waals surface area contributed by atoms with Gasteiger partial charge >= 0.3 is 11.4 Å². The Kier molecular flexibility index (Phi) is 9.67. The van der Waals surface area contributed by atoms with Gasteiger partial charge < -0.3 is 0 Å². The third-order valence-corrected chi connectivity index (χ3v) is 6.78. The Morgan fingerprint density at radius 3 is 1.74 bits per heavy atom. The lowest BCUT2D eigenvalue weighted by Gasteiger charge is -1.97. The second-order valence-electron chi connectivity index (χ2n) is 6.82. The number of aromatic nitrogens is 8. The third-order valence-electron chi connectivity index (χ3n) is 4.16. The van der Waals surface area contributed by atoms with Gasteiger partial charge in [0.15, 0.2) is 0 Å². The first-order valence-corrected chi connectivity index (χ1v) is 12.9. The Hall–Kier alpha value is -4.76. The number of nitrogens with one attached hydrogen (secondary N) is 1. The number of sulfone groups is 2. The van der Waals surface area contributed by atoms with Crippen LogP contribution in [0.4, 0.5) is 8.78 Å². The Morgan fingerprint density at radius 2 is 1.37 bits per heavy atom. The minimum absolute atomic E-state index is 0.0635. The maximum atomic E-state index is 12.7. The number of halogens is 2. The zero-order valence-electron chi connectivity index (χ0n) is 19.5. The van der Waals surface area contributed by atoms with Crippen LogP contribution >= 0.6 is 0 Å². The maximum absolute atomic E-state index is 12.7. The van der Waals surface area contributed by atoms with Crippen LogP contribution in [0.15, 0.2) is 73.3 Å². The Morgan fingerprint density at radius 1 is 0.842 bits per heavy atom. The van der Waals surface area contributed by atoms with E-state index < -0.39 is 37.0 Å². The number of aromatic amines is 1. The van der Waals surface area contributed by atoms with Gasteiger partial charge in [0.2, 0.25) is 19.7 Å². The predicted molar refractivity (Wildman–Crippen MR) is 128 cm³/mol. The molecule has 38 heavy (non-hydrogen) atoms. The van der Waals surface area contributed by atoms with Crippen LogP contribution in [0, 0.1) is 23.3 Å². The molecule has 0 atom stereocenters. The van der Waals surface area contributed by atoms with Gasteiger partial charge in [0.25, 0.3) is 0 Å². The van der Waals surface area contributed by atoms with Crippen molar-refractivity contribution >= 4 is 25.9 Å². The smallest absolute Gasteiger partial charge is 0.245 e. The van der Waals surface area contributed by atoms with Gasteiger partial charge in [-0.05, 0) is 69.4 Å². The van der Waals surface area contributed by atoms with Crippen LogP contribution in [0.5, 0.6) is 0 Å². The molecule has 4 rings (SSSR count). The molecule has 0 radical (unpaired) electrons. The van der Waals surface area contributed by atoms with Gasteiger partial charge in [-0.3, -0.25) is 0 Å². The van der Waals surface area contributed by atoms with E-state index in [-0.39, 0.29) is 15.5 Å². The fraction of sp³-hybridized carbons (Fsp3) is 0.100. The first-order chi connectivity index (χ1) is 17.8.